The van der Waals surface area contributed by atoms with Gasteiger partial charge in [-0.25, -0.2) is 19.9 Å². The molecule has 0 spiro atoms. The van der Waals surface area contributed by atoms with E-state index in [-0.39, 0.29) is 0 Å². The van der Waals surface area contributed by atoms with Gasteiger partial charge in [0.1, 0.15) is 5.82 Å². The van der Waals surface area contributed by atoms with Gasteiger partial charge in [0.05, 0.1) is 41.4 Å². The van der Waals surface area contributed by atoms with Crippen LogP contribution in [0.15, 0.2) is 30.6 Å². The Balaban J connectivity index is 1.50. The van der Waals surface area contributed by atoms with E-state index in [0.717, 1.165) is 53.4 Å². The maximum Gasteiger partial charge on any atom is 0.228 e. The summed E-state index contributed by atoms with van der Waals surface area (Å²) in [6, 6.07) is 5.88. The summed E-state index contributed by atoms with van der Waals surface area (Å²) >= 11 is 1.57. The number of thiazole rings is 1. The number of rotatable bonds is 5. The van der Waals surface area contributed by atoms with E-state index in [1.165, 1.54) is 0 Å². The number of ether oxygens (including phenoxy) is 1. The van der Waals surface area contributed by atoms with Crippen LogP contribution in [0.2, 0.25) is 0 Å². The van der Waals surface area contributed by atoms with E-state index in [1.807, 2.05) is 32.3 Å². The quantitative estimate of drug-likeness (QED) is 0.695. The van der Waals surface area contributed by atoms with Gasteiger partial charge >= 0.3 is 0 Å². The Kier molecular flexibility index (Phi) is 5.12. The van der Waals surface area contributed by atoms with Crippen molar-refractivity contribution in [1.82, 2.24) is 19.9 Å². The normalized spacial score (nSPS) is 14.2. The molecule has 0 bridgehead atoms. The fourth-order valence-electron chi connectivity index (χ4n) is 2.87. The summed E-state index contributed by atoms with van der Waals surface area (Å²) in [6.07, 6.45) is 3.61. The van der Waals surface area contributed by atoms with E-state index in [2.05, 4.69) is 41.5 Å². The molecule has 1 fully saturated rings. The summed E-state index contributed by atoms with van der Waals surface area (Å²) in [5, 5.41) is 7.12. The number of nitrogens with one attached hydrogen (secondary N) is 2. The molecule has 1 aliphatic heterocycles. The van der Waals surface area contributed by atoms with Crippen molar-refractivity contribution in [3.05, 3.63) is 36.3 Å². The Labute approximate surface area is 161 Å². The number of anilines is 4. The lowest BCUT2D eigenvalue weighted by atomic mass is 10.3. The Morgan fingerprint density at radius 3 is 2.67 bits per heavy atom. The van der Waals surface area contributed by atoms with Gasteiger partial charge in [-0.1, -0.05) is 11.3 Å². The predicted molar refractivity (Wildman–Crippen MR) is 108 cm³/mol. The number of aromatic nitrogens is 4. The molecular weight excluding hydrogens is 362 g/mol. The first kappa shape index (κ1) is 17.6. The van der Waals surface area contributed by atoms with Gasteiger partial charge < -0.3 is 20.3 Å². The van der Waals surface area contributed by atoms with Crippen molar-refractivity contribution < 1.29 is 4.74 Å². The van der Waals surface area contributed by atoms with Crippen molar-refractivity contribution >= 4 is 33.9 Å². The zero-order valence-electron chi connectivity index (χ0n) is 15.3. The maximum atomic E-state index is 5.39. The van der Waals surface area contributed by atoms with Gasteiger partial charge in [-0.15, -0.1) is 0 Å². The Morgan fingerprint density at radius 1 is 1.11 bits per heavy atom. The van der Waals surface area contributed by atoms with Crippen LogP contribution in [0, 0.1) is 6.92 Å². The first-order valence-corrected chi connectivity index (χ1v) is 9.59. The van der Waals surface area contributed by atoms with Crippen molar-refractivity contribution in [3.63, 3.8) is 0 Å². The van der Waals surface area contributed by atoms with Crippen LogP contribution in [-0.4, -0.2) is 53.3 Å². The monoisotopic (exact) mass is 383 g/mol. The molecule has 0 aromatic carbocycles. The van der Waals surface area contributed by atoms with Crippen LogP contribution in [0.4, 0.5) is 22.6 Å². The highest BCUT2D eigenvalue weighted by Crippen LogP contribution is 2.31. The lowest BCUT2D eigenvalue weighted by molar-refractivity contribution is 0.122. The summed E-state index contributed by atoms with van der Waals surface area (Å²) in [5.74, 6) is 1.22. The largest absolute Gasteiger partial charge is 0.378 e. The number of pyridine rings is 1. The van der Waals surface area contributed by atoms with E-state index >= 15 is 0 Å². The standard InChI is InChI=1S/C18H21N7OS/c1-12-16(27-18(19-2)22-12)14-5-6-20-17(23-14)24-15-4-3-13(11-21-15)25-7-9-26-10-8-25/h3-6,11H,7-10H2,1-2H3,(H,19,22)(H,20,21,23,24). The Hall–Kier alpha value is -2.78. The number of hydrogen-bond acceptors (Lipinski definition) is 9. The van der Waals surface area contributed by atoms with Crippen LogP contribution in [0.3, 0.4) is 0 Å². The maximum absolute atomic E-state index is 5.39. The molecule has 2 N–H and O–H groups in total. The Morgan fingerprint density at radius 2 is 1.96 bits per heavy atom. The molecule has 0 aliphatic carbocycles. The predicted octanol–water partition coefficient (Wildman–Crippen LogP) is 2.93. The van der Waals surface area contributed by atoms with E-state index in [1.54, 1.807) is 17.5 Å². The van der Waals surface area contributed by atoms with Crippen LogP contribution in [0.5, 0.6) is 0 Å². The molecule has 4 rings (SSSR count). The molecule has 0 amide bonds. The van der Waals surface area contributed by atoms with Gasteiger partial charge in [-0.3, -0.25) is 0 Å². The molecule has 0 unspecified atom stereocenters. The van der Waals surface area contributed by atoms with E-state index in [4.69, 9.17) is 4.74 Å². The van der Waals surface area contributed by atoms with Crippen molar-refractivity contribution in [1.29, 1.82) is 0 Å². The van der Waals surface area contributed by atoms with Crippen LogP contribution in [0.25, 0.3) is 10.6 Å². The molecule has 0 saturated carbocycles. The zero-order valence-corrected chi connectivity index (χ0v) is 16.1. The molecule has 0 atom stereocenters. The highest BCUT2D eigenvalue weighted by atomic mass is 32.1. The molecule has 8 nitrogen and oxygen atoms in total. The topological polar surface area (TPSA) is 88.1 Å². The fourth-order valence-corrected chi connectivity index (χ4v) is 3.76. The van der Waals surface area contributed by atoms with E-state index in [9.17, 15) is 0 Å². The van der Waals surface area contributed by atoms with Crippen LogP contribution in [-0.2, 0) is 4.74 Å². The Bertz CT molecular complexity index is 906. The van der Waals surface area contributed by atoms with Gasteiger partial charge in [0.2, 0.25) is 5.95 Å². The first-order chi connectivity index (χ1) is 13.2. The molecular formula is C18H21N7OS. The lowest BCUT2D eigenvalue weighted by Crippen LogP contribution is -2.36. The first-order valence-electron chi connectivity index (χ1n) is 8.77. The van der Waals surface area contributed by atoms with Crippen molar-refractivity contribution in [2.24, 2.45) is 0 Å². The second-order valence-electron chi connectivity index (χ2n) is 6.08. The average Bonchev–Trinajstić information content (AvgIpc) is 3.10. The van der Waals surface area contributed by atoms with Crippen LogP contribution >= 0.6 is 11.3 Å². The van der Waals surface area contributed by atoms with Gasteiger partial charge in [-0.2, -0.15) is 0 Å². The molecule has 27 heavy (non-hydrogen) atoms. The SMILES string of the molecule is CNc1nc(C)c(-c2ccnc(Nc3ccc(N4CCOCC4)cn3)n2)s1. The summed E-state index contributed by atoms with van der Waals surface area (Å²) in [7, 11) is 1.86. The summed E-state index contributed by atoms with van der Waals surface area (Å²) in [6.45, 7) is 5.28. The minimum Gasteiger partial charge on any atom is -0.378 e. The van der Waals surface area contributed by atoms with Gasteiger partial charge in [0, 0.05) is 26.3 Å². The van der Waals surface area contributed by atoms with Gasteiger partial charge in [0.25, 0.3) is 0 Å². The summed E-state index contributed by atoms with van der Waals surface area (Å²) < 4.78 is 5.39. The molecule has 0 radical (unpaired) electrons. The molecule has 3 aromatic rings. The molecule has 4 heterocycles. The van der Waals surface area contributed by atoms with Crippen molar-refractivity contribution in [2.45, 2.75) is 6.92 Å². The fraction of sp³-hybridized carbons (Fsp3) is 0.333. The second-order valence-corrected chi connectivity index (χ2v) is 7.07. The minimum absolute atomic E-state index is 0.512. The van der Waals surface area contributed by atoms with E-state index < -0.39 is 0 Å². The van der Waals surface area contributed by atoms with Crippen LogP contribution in [0.1, 0.15) is 5.69 Å². The smallest absolute Gasteiger partial charge is 0.228 e. The number of hydrogen-bond donors (Lipinski definition) is 2. The number of morpholine rings is 1. The number of aryl methyl sites for hydroxylation is 1. The molecule has 1 saturated heterocycles. The molecule has 9 heteroatoms. The average molecular weight is 383 g/mol. The minimum atomic E-state index is 0.512. The van der Waals surface area contributed by atoms with Crippen molar-refractivity contribution in [3.8, 4) is 10.6 Å². The highest BCUT2D eigenvalue weighted by molar-refractivity contribution is 7.19. The van der Waals surface area contributed by atoms with Gasteiger partial charge in [-0.05, 0) is 25.1 Å². The third-order valence-corrected chi connectivity index (χ3v) is 5.46. The van der Waals surface area contributed by atoms with Crippen molar-refractivity contribution in [2.75, 3.05) is 48.9 Å². The summed E-state index contributed by atoms with van der Waals surface area (Å²) in [4.78, 5) is 21.2. The highest BCUT2D eigenvalue weighted by Gasteiger charge is 2.13. The third kappa shape index (κ3) is 3.99. The van der Waals surface area contributed by atoms with Crippen LogP contribution < -0.4 is 15.5 Å². The zero-order chi connectivity index (χ0) is 18.6. The lowest BCUT2D eigenvalue weighted by Gasteiger charge is -2.28. The molecule has 3 aromatic heterocycles. The van der Waals surface area contributed by atoms with Gasteiger partial charge in [0.15, 0.2) is 5.13 Å². The number of nitrogens with zero attached hydrogens (tertiary/aromatic N) is 5. The third-order valence-electron chi connectivity index (χ3n) is 4.26. The molecule has 1 aliphatic rings. The second kappa shape index (κ2) is 7.85. The molecule has 140 valence electrons. The summed E-state index contributed by atoms with van der Waals surface area (Å²) in [5.41, 5.74) is 2.88. The van der Waals surface area contributed by atoms with E-state index in [0.29, 0.717) is 11.8 Å².